The lowest BCUT2D eigenvalue weighted by Gasteiger charge is -2.07. The summed E-state index contributed by atoms with van der Waals surface area (Å²) in [5, 5.41) is 0. The lowest BCUT2D eigenvalue weighted by atomic mass is 10.0. The zero-order valence-electron chi connectivity index (χ0n) is 19.4. The van der Waals surface area contributed by atoms with E-state index in [9.17, 15) is 0 Å². The summed E-state index contributed by atoms with van der Waals surface area (Å²) in [4.78, 5) is 18.1. The monoisotopic (exact) mass is 438 g/mol. The van der Waals surface area contributed by atoms with Crippen molar-refractivity contribution in [1.82, 2.24) is 19.9 Å². The van der Waals surface area contributed by atoms with E-state index in [1.54, 1.807) is 12.4 Å². The smallest absolute Gasteiger partial charge is 0.162 e. The lowest BCUT2D eigenvalue weighted by molar-refractivity contribution is 0.309. The molecule has 0 aliphatic rings. The van der Waals surface area contributed by atoms with E-state index in [-0.39, 0.29) is 0 Å². The van der Waals surface area contributed by atoms with Crippen molar-refractivity contribution in [3.63, 3.8) is 0 Å². The van der Waals surface area contributed by atoms with Crippen LogP contribution < -0.4 is 4.74 Å². The molecule has 0 N–H and O–H groups in total. The maximum Gasteiger partial charge on any atom is 0.162 e. The molecule has 5 nitrogen and oxygen atoms in total. The highest BCUT2D eigenvalue weighted by Crippen LogP contribution is 2.23. The van der Waals surface area contributed by atoms with Gasteiger partial charge < -0.3 is 4.74 Å². The number of rotatable bonds is 10. The summed E-state index contributed by atoms with van der Waals surface area (Å²) < 4.78 is 5.72. The molecule has 0 atom stereocenters. The molecule has 33 heavy (non-hydrogen) atoms. The van der Waals surface area contributed by atoms with Gasteiger partial charge in [-0.2, -0.15) is 0 Å². The minimum Gasteiger partial charge on any atom is -0.494 e. The Hall–Kier alpha value is -3.60. The van der Waals surface area contributed by atoms with Crippen molar-refractivity contribution in [3.8, 4) is 39.7 Å². The van der Waals surface area contributed by atoms with Crippen LogP contribution in [0.5, 0.6) is 5.75 Å². The van der Waals surface area contributed by atoms with Gasteiger partial charge in [0.15, 0.2) is 11.6 Å². The molecule has 5 heteroatoms. The van der Waals surface area contributed by atoms with Gasteiger partial charge in [-0.25, -0.2) is 19.9 Å². The second-order valence-corrected chi connectivity index (χ2v) is 8.12. The molecule has 0 aliphatic heterocycles. The van der Waals surface area contributed by atoms with Crippen molar-refractivity contribution in [2.75, 3.05) is 6.61 Å². The Morgan fingerprint density at radius 2 is 1.12 bits per heavy atom. The van der Waals surface area contributed by atoms with E-state index in [2.05, 4.69) is 58.0 Å². The fourth-order valence-corrected chi connectivity index (χ4v) is 3.50. The minimum absolute atomic E-state index is 0.615. The SMILES string of the molecule is CCCCOc1ccc(-c2ncc(-c3ncc(-c4ccc(CCCC)cc4)cn3)cn2)cc1. The van der Waals surface area contributed by atoms with Gasteiger partial charge in [-0.3, -0.25) is 0 Å². The van der Waals surface area contributed by atoms with Gasteiger partial charge in [0.2, 0.25) is 0 Å². The zero-order chi connectivity index (χ0) is 22.9. The Balaban J connectivity index is 1.41. The fourth-order valence-electron chi connectivity index (χ4n) is 3.50. The van der Waals surface area contributed by atoms with Gasteiger partial charge in [-0.1, -0.05) is 51.0 Å². The number of ether oxygens (including phenoxy) is 1. The second kappa shape index (κ2) is 11.3. The maximum atomic E-state index is 5.72. The van der Waals surface area contributed by atoms with Crippen LogP contribution in [0, 0.1) is 0 Å². The van der Waals surface area contributed by atoms with Crippen LogP contribution in [0.3, 0.4) is 0 Å². The van der Waals surface area contributed by atoms with Crippen molar-refractivity contribution < 1.29 is 4.74 Å². The highest BCUT2D eigenvalue weighted by atomic mass is 16.5. The van der Waals surface area contributed by atoms with Gasteiger partial charge in [0.05, 0.1) is 12.2 Å². The molecule has 168 valence electrons. The largest absolute Gasteiger partial charge is 0.494 e. The van der Waals surface area contributed by atoms with Crippen molar-refractivity contribution in [2.45, 2.75) is 46.0 Å². The number of hydrogen-bond acceptors (Lipinski definition) is 5. The molecule has 0 radical (unpaired) electrons. The van der Waals surface area contributed by atoms with E-state index in [1.807, 2.05) is 36.7 Å². The van der Waals surface area contributed by atoms with Gasteiger partial charge >= 0.3 is 0 Å². The molecular weight excluding hydrogens is 408 g/mol. The molecule has 0 spiro atoms. The Kier molecular flexibility index (Phi) is 7.75. The van der Waals surface area contributed by atoms with Crippen LogP contribution >= 0.6 is 0 Å². The number of hydrogen-bond donors (Lipinski definition) is 0. The molecule has 4 rings (SSSR count). The van der Waals surface area contributed by atoms with Crippen molar-refractivity contribution in [2.24, 2.45) is 0 Å². The summed E-state index contributed by atoms with van der Waals surface area (Å²) >= 11 is 0. The number of aromatic nitrogens is 4. The highest BCUT2D eigenvalue weighted by molar-refractivity contribution is 5.64. The molecule has 0 bridgehead atoms. The van der Waals surface area contributed by atoms with Crippen molar-refractivity contribution in [3.05, 3.63) is 78.9 Å². The predicted molar refractivity (Wildman–Crippen MR) is 133 cm³/mol. The molecule has 0 saturated carbocycles. The normalized spacial score (nSPS) is 10.8. The average molecular weight is 439 g/mol. The van der Waals surface area contributed by atoms with E-state index in [1.165, 1.54) is 18.4 Å². The molecule has 2 aromatic heterocycles. The summed E-state index contributed by atoms with van der Waals surface area (Å²) in [5.74, 6) is 2.15. The second-order valence-electron chi connectivity index (χ2n) is 8.12. The van der Waals surface area contributed by atoms with Gasteiger partial charge in [-0.05, 0) is 54.7 Å². The third-order valence-electron chi connectivity index (χ3n) is 5.55. The quantitative estimate of drug-likeness (QED) is 0.255. The van der Waals surface area contributed by atoms with Crippen LogP contribution in [-0.2, 0) is 6.42 Å². The van der Waals surface area contributed by atoms with E-state index < -0.39 is 0 Å². The first-order valence-electron chi connectivity index (χ1n) is 11.7. The van der Waals surface area contributed by atoms with Gasteiger partial charge in [0.1, 0.15) is 5.75 Å². The first-order chi connectivity index (χ1) is 16.3. The van der Waals surface area contributed by atoms with Crippen LogP contribution in [-0.4, -0.2) is 26.5 Å². The summed E-state index contributed by atoms with van der Waals surface area (Å²) in [6, 6.07) is 16.5. The predicted octanol–water partition coefficient (Wildman–Crippen LogP) is 6.79. The molecular formula is C28H30N4O. The molecule has 2 heterocycles. The number of nitrogens with zero attached hydrogens (tertiary/aromatic N) is 4. The molecule has 0 saturated heterocycles. The van der Waals surface area contributed by atoms with Crippen LogP contribution in [0.4, 0.5) is 0 Å². The number of unbranched alkanes of at least 4 members (excludes halogenated alkanes) is 2. The third kappa shape index (κ3) is 6.01. The Morgan fingerprint density at radius 3 is 1.73 bits per heavy atom. The van der Waals surface area contributed by atoms with Crippen LogP contribution in [0.1, 0.15) is 45.1 Å². The molecule has 2 aromatic carbocycles. The standard InChI is InChI=1S/C28H30N4O/c1-3-5-7-21-8-10-22(11-9-21)24-17-29-28(30-18-24)25-19-31-27(32-20-25)23-12-14-26(15-13-23)33-16-6-4-2/h8-15,17-20H,3-7,16H2,1-2H3. The van der Waals surface area contributed by atoms with E-state index in [0.29, 0.717) is 11.6 Å². The summed E-state index contributed by atoms with van der Waals surface area (Å²) in [7, 11) is 0. The van der Waals surface area contributed by atoms with Crippen LogP contribution in [0.15, 0.2) is 73.3 Å². The Labute approximate surface area is 196 Å². The number of benzene rings is 2. The van der Waals surface area contributed by atoms with Crippen LogP contribution in [0.2, 0.25) is 0 Å². The van der Waals surface area contributed by atoms with Gasteiger partial charge in [0, 0.05) is 35.9 Å². The molecule has 0 aliphatic carbocycles. The third-order valence-corrected chi connectivity index (χ3v) is 5.55. The maximum absolute atomic E-state index is 5.72. The first kappa shape index (κ1) is 22.6. The van der Waals surface area contributed by atoms with E-state index in [0.717, 1.165) is 53.9 Å². The topological polar surface area (TPSA) is 60.8 Å². The number of aryl methyl sites for hydroxylation is 1. The van der Waals surface area contributed by atoms with Crippen molar-refractivity contribution in [1.29, 1.82) is 0 Å². The summed E-state index contributed by atoms with van der Waals surface area (Å²) in [6.45, 7) is 5.11. The fraction of sp³-hybridized carbons (Fsp3) is 0.286. The van der Waals surface area contributed by atoms with Gasteiger partial charge in [-0.15, -0.1) is 0 Å². The summed E-state index contributed by atoms with van der Waals surface area (Å²) in [5.41, 5.74) is 5.23. The Bertz CT molecular complexity index is 1120. The molecule has 0 amide bonds. The summed E-state index contributed by atoms with van der Waals surface area (Å²) in [6.07, 6.45) is 13.0. The Morgan fingerprint density at radius 1 is 0.576 bits per heavy atom. The van der Waals surface area contributed by atoms with Crippen molar-refractivity contribution >= 4 is 0 Å². The van der Waals surface area contributed by atoms with E-state index >= 15 is 0 Å². The van der Waals surface area contributed by atoms with Crippen LogP contribution in [0.25, 0.3) is 33.9 Å². The van der Waals surface area contributed by atoms with E-state index in [4.69, 9.17) is 4.74 Å². The average Bonchev–Trinajstić information content (AvgIpc) is 2.89. The molecule has 0 fully saturated rings. The molecule has 0 unspecified atom stereocenters. The lowest BCUT2D eigenvalue weighted by Crippen LogP contribution is -1.96. The zero-order valence-corrected chi connectivity index (χ0v) is 19.4. The molecule has 4 aromatic rings. The minimum atomic E-state index is 0.615. The highest BCUT2D eigenvalue weighted by Gasteiger charge is 2.07. The van der Waals surface area contributed by atoms with Gasteiger partial charge in [0.25, 0.3) is 0 Å². The first-order valence-corrected chi connectivity index (χ1v) is 11.7.